The van der Waals surface area contributed by atoms with E-state index >= 15 is 0 Å². The highest BCUT2D eigenvalue weighted by atomic mass is 32.1. The second kappa shape index (κ2) is 4.03. The van der Waals surface area contributed by atoms with Crippen LogP contribution in [0.1, 0.15) is 11.4 Å². The third kappa shape index (κ3) is 2.18. The molecule has 0 unspecified atom stereocenters. The van der Waals surface area contributed by atoms with E-state index in [0.29, 0.717) is 0 Å². The quantitative estimate of drug-likeness (QED) is 0.741. The fourth-order valence-electron chi connectivity index (χ4n) is 1.51. The highest BCUT2D eigenvalue weighted by Crippen LogP contribution is 2.23. The maximum Gasteiger partial charge on any atom is 0.160 e. The Kier molecular flexibility index (Phi) is 2.73. The third-order valence-electron chi connectivity index (χ3n) is 2.13. The SMILES string of the molecule is Cc1cc(C)nc(-c2ccccc2S)n1. The van der Waals surface area contributed by atoms with E-state index in [0.717, 1.165) is 27.7 Å². The molecule has 0 N–H and O–H groups in total. The van der Waals surface area contributed by atoms with Crippen molar-refractivity contribution in [2.45, 2.75) is 18.7 Å². The Balaban J connectivity index is 2.59. The first-order chi connectivity index (χ1) is 7.16. The molecule has 15 heavy (non-hydrogen) atoms. The second-order valence-electron chi connectivity index (χ2n) is 3.49. The monoisotopic (exact) mass is 216 g/mol. The summed E-state index contributed by atoms with van der Waals surface area (Å²) in [5.41, 5.74) is 2.94. The summed E-state index contributed by atoms with van der Waals surface area (Å²) in [4.78, 5) is 9.72. The van der Waals surface area contributed by atoms with Crippen molar-refractivity contribution >= 4 is 12.6 Å². The molecular weight excluding hydrogens is 204 g/mol. The van der Waals surface area contributed by atoms with Crippen molar-refractivity contribution < 1.29 is 0 Å². The first-order valence-electron chi connectivity index (χ1n) is 4.77. The van der Waals surface area contributed by atoms with Gasteiger partial charge in [-0.05, 0) is 26.0 Å². The molecule has 76 valence electrons. The third-order valence-corrected chi connectivity index (χ3v) is 2.52. The van der Waals surface area contributed by atoms with Crippen LogP contribution in [0.25, 0.3) is 11.4 Å². The van der Waals surface area contributed by atoms with Crippen LogP contribution in [0.3, 0.4) is 0 Å². The summed E-state index contributed by atoms with van der Waals surface area (Å²) in [5.74, 6) is 0.748. The van der Waals surface area contributed by atoms with Crippen molar-refractivity contribution in [1.82, 2.24) is 9.97 Å². The zero-order chi connectivity index (χ0) is 10.8. The number of aromatic nitrogens is 2. The van der Waals surface area contributed by atoms with Gasteiger partial charge in [0.25, 0.3) is 0 Å². The molecule has 0 aliphatic heterocycles. The van der Waals surface area contributed by atoms with Gasteiger partial charge < -0.3 is 0 Å². The van der Waals surface area contributed by atoms with Crippen LogP contribution in [-0.2, 0) is 0 Å². The number of aryl methyl sites for hydroxylation is 2. The Morgan fingerprint density at radius 1 is 1.00 bits per heavy atom. The number of nitrogens with zero attached hydrogens (tertiary/aromatic N) is 2. The molecule has 0 atom stereocenters. The molecule has 0 aliphatic rings. The summed E-state index contributed by atoms with van der Waals surface area (Å²) in [6.45, 7) is 3.94. The Bertz CT molecular complexity index is 474. The number of rotatable bonds is 1. The van der Waals surface area contributed by atoms with Crippen molar-refractivity contribution in [2.24, 2.45) is 0 Å². The molecule has 2 aromatic rings. The van der Waals surface area contributed by atoms with Gasteiger partial charge in [-0.2, -0.15) is 0 Å². The number of thiol groups is 1. The summed E-state index contributed by atoms with van der Waals surface area (Å²) < 4.78 is 0. The van der Waals surface area contributed by atoms with Gasteiger partial charge in [-0.15, -0.1) is 12.6 Å². The fraction of sp³-hybridized carbons (Fsp3) is 0.167. The van der Waals surface area contributed by atoms with E-state index in [1.807, 2.05) is 44.2 Å². The topological polar surface area (TPSA) is 25.8 Å². The molecule has 1 heterocycles. The second-order valence-corrected chi connectivity index (χ2v) is 3.97. The molecule has 0 aliphatic carbocycles. The largest absolute Gasteiger partial charge is 0.233 e. The van der Waals surface area contributed by atoms with Gasteiger partial charge in [0.2, 0.25) is 0 Å². The molecule has 1 aromatic heterocycles. The van der Waals surface area contributed by atoms with E-state index in [-0.39, 0.29) is 0 Å². The molecule has 0 saturated heterocycles. The molecule has 0 fully saturated rings. The predicted octanol–water partition coefficient (Wildman–Crippen LogP) is 3.05. The summed E-state index contributed by atoms with van der Waals surface area (Å²) in [6, 6.07) is 9.81. The lowest BCUT2D eigenvalue weighted by Crippen LogP contribution is -1.94. The lowest BCUT2D eigenvalue weighted by atomic mass is 10.2. The van der Waals surface area contributed by atoms with E-state index < -0.39 is 0 Å². The summed E-state index contributed by atoms with van der Waals surface area (Å²) >= 11 is 4.40. The number of hydrogen-bond acceptors (Lipinski definition) is 3. The van der Waals surface area contributed by atoms with E-state index in [2.05, 4.69) is 22.6 Å². The van der Waals surface area contributed by atoms with Gasteiger partial charge in [0.15, 0.2) is 5.82 Å². The average Bonchev–Trinajstić information content (AvgIpc) is 2.16. The van der Waals surface area contributed by atoms with Gasteiger partial charge in [0.05, 0.1) is 0 Å². The van der Waals surface area contributed by atoms with Gasteiger partial charge in [-0.1, -0.05) is 18.2 Å². The van der Waals surface area contributed by atoms with Gasteiger partial charge in [0.1, 0.15) is 0 Å². The van der Waals surface area contributed by atoms with Crippen molar-refractivity contribution in [3.63, 3.8) is 0 Å². The summed E-state index contributed by atoms with van der Waals surface area (Å²) in [6.07, 6.45) is 0. The smallest absolute Gasteiger partial charge is 0.160 e. The average molecular weight is 216 g/mol. The van der Waals surface area contributed by atoms with Crippen LogP contribution < -0.4 is 0 Å². The van der Waals surface area contributed by atoms with Crippen molar-refractivity contribution in [2.75, 3.05) is 0 Å². The lowest BCUT2D eigenvalue weighted by molar-refractivity contribution is 1.06. The van der Waals surface area contributed by atoms with E-state index in [1.165, 1.54) is 0 Å². The van der Waals surface area contributed by atoms with Crippen LogP contribution in [0.4, 0.5) is 0 Å². The zero-order valence-electron chi connectivity index (χ0n) is 8.73. The van der Waals surface area contributed by atoms with Crippen molar-refractivity contribution in [3.05, 3.63) is 41.7 Å². The van der Waals surface area contributed by atoms with Crippen LogP contribution in [0.15, 0.2) is 35.2 Å². The Morgan fingerprint density at radius 3 is 2.20 bits per heavy atom. The normalized spacial score (nSPS) is 10.3. The molecule has 0 bridgehead atoms. The Labute approximate surface area is 94.8 Å². The van der Waals surface area contributed by atoms with Gasteiger partial charge in [-0.3, -0.25) is 0 Å². The van der Waals surface area contributed by atoms with Crippen LogP contribution in [0, 0.1) is 13.8 Å². The van der Waals surface area contributed by atoms with E-state index in [4.69, 9.17) is 0 Å². The van der Waals surface area contributed by atoms with Crippen LogP contribution in [-0.4, -0.2) is 9.97 Å². The molecule has 3 heteroatoms. The molecule has 0 amide bonds. The van der Waals surface area contributed by atoms with Crippen LogP contribution in [0.5, 0.6) is 0 Å². The van der Waals surface area contributed by atoms with E-state index in [9.17, 15) is 0 Å². The number of benzene rings is 1. The minimum atomic E-state index is 0.748. The van der Waals surface area contributed by atoms with Gasteiger partial charge in [0, 0.05) is 21.8 Å². The first kappa shape index (κ1) is 10.2. The predicted molar refractivity (Wildman–Crippen MR) is 64.2 cm³/mol. The highest BCUT2D eigenvalue weighted by Gasteiger charge is 2.05. The highest BCUT2D eigenvalue weighted by molar-refractivity contribution is 7.80. The van der Waals surface area contributed by atoms with Crippen molar-refractivity contribution in [1.29, 1.82) is 0 Å². The lowest BCUT2D eigenvalue weighted by Gasteiger charge is -2.05. The van der Waals surface area contributed by atoms with Crippen LogP contribution in [0.2, 0.25) is 0 Å². The molecule has 0 radical (unpaired) electrons. The van der Waals surface area contributed by atoms with Gasteiger partial charge in [-0.25, -0.2) is 9.97 Å². The standard InChI is InChI=1S/C12H12N2S/c1-8-7-9(2)14-12(13-8)10-5-3-4-6-11(10)15/h3-7,15H,1-2H3. The maximum absolute atomic E-state index is 4.41. The van der Waals surface area contributed by atoms with Gasteiger partial charge >= 0.3 is 0 Å². The molecule has 0 saturated carbocycles. The molecule has 1 aromatic carbocycles. The molecule has 0 spiro atoms. The van der Waals surface area contributed by atoms with Crippen LogP contribution >= 0.6 is 12.6 Å². The van der Waals surface area contributed by atoms with Crippen molar-refractivity contribution in [3.8, 4) is 11.4 Å². The van der Waals surface area contributed by atoms with E-state index in [1.54, 1.807) is 0 Å². The maximum atomic E-state index is 4.41. The summed E-state index contributed by atoms with van der Waals surface area (Å²) in [7, 11) is 0. The molecular formula is C12H12N2S. The molecule has 2 rings (SSSR count). The molecule has 2 nitrogen and oxygen atoms in total. The number of hydrogen-bond donors (Lipinski definition) is 1. The minimum Gasteiger partial charge on any atom is -0.233 e. The fourth-order valence-corrected chi connectivity index (χ4v) is 1.77. The summed E-state index contributed by atoms with van der Waals surface area (Å²) in [5, 5.41) is 0. The first-order valence-corrected chi connectivity index (χ1v) is 5.22. The zero-order valence-corrected chi connectivity index (χ0v) is 9.62. The Morgan fingerprint density at radius 2 is 1.60 bits per heavy atom. The Hall–Kier alpha value is -1.35. The minimum absolute atomic E-state index is 0.748.